The van der Waals surface area contributed by atoms with Crippen molar-refractivity contribution in [2.24, 2.45) is 0 Å². The molecular formula is C15H14F2N2O2. The summed E-state index contributed by atoms with van der Waals surface area (Å²) in [5, 5.41) is 13.6. The second-order valence-electron chi connectivity index (χ2n) is 4.79. The molecule has 2 rings (SSSR count). The lowest BCUT2D eigenvalue weighted by atomic mass is 10.1. The molecule has 0 spiro atoms. The van der Waals surface area contributed by atoms with Crippen molar-refractivity contribution in [3.63, 3.8) is 0 Å². The van der Waals surface area contributed by atoms with Crippen molar-refractivity contribution in [1.82, 2.24) is 0 Å². The predicted molar refractivity (Wildman–Crippen MR) is 76.2 cm³/mol. The zero-order chi connectivity index (χ0) is 15.6. The van der Waals surface area contributed by atoms with Gasteiger partial charge in [-0.15, -0.1) is 0 Å². The standard InChI is InChI=1S/C15H14F2N2O2/c1-9-3-5-11(6-4-9)10(2)18-15-13(19(20)21)8-7-12(16)14(15)17/h3-8,10,18H,1-2H3. The number of hydrogen-bond donors (Lipinski definition) is 1. The maximum Gasteiger partial charge on any atom is 0.295 e. The fraction of sp³-hybridized carbons (Fsp3) is 0.200. The van der Waals surface area contributed by atoms with Gasteiger partial charge in [0.25, 0.3) is 5.69 Å². The number of rotatable bonds is 4. The third-order valence-electron chi connectivity index (χ3n) is 3.21. The third-order valence-corrected chi connectivity index (χ3v) is 3.21. The molecule has 0 heterocycles. The molecule has 110 valence electrons. The van der Waals surface area contributed by atoms with Crippen molar-refractivity contribution in [3.8, 4) is 0 Å². The van der Waals surface area contributed by atoms with Gasteiger partial charge in [0.05, 0.1) is 4.92 Å². The van der Waals surface area contributed by atoms with Crippen LogP contribution < -0.4 is 5.32 Å². The number of nitro benzene ring substituents is 1. The molecule has 0 saturated heterocycles. The Kier molecular flexibility index (Phi) is 4.16. The van der Waals surface area contributed by atoms with Crippen LogP contribution in [0.1, 0.15) is 24.1 Å². The number of anilines is 1. The Morgan fingerprint density at radius 2 is 1.76 bits per heavy atom. The Morgan fingerprint density at radius 3 is 2.33 bits per heavy atom. The van der Waals surface area contributed by atoms with Crippen LogP contribution in [0.15, 0.2) is 36.4 Å². The van der Waals surface area contributed by atoms with Crippen molar-refractivity contribution in [2.45, 2.75) is 19.9 Å². The van der Waals surface area contributed by atoms with Gasteiger partial charge in [-0.05, 0) is 25.5 Å². The molecule has 0 fully saturated rings. The molecule has 0 saturated carbocycles. The van der Waals surface area contributed by atoms with Crippen LogP contribution in [0.4, 0.5) is 20.2 Å². The van der Waals surface area contributed by atoms with Gasteiger partial charge >= 0.3 is 0 Å². The molecule has 0 bridgehead atoms. The van der Waals surface area contributed by atoms with E-state index in [0.717, 1.165) is 23.3 Å². The maximum atomic E-state index is 13.8. The van der Waals surface area contributed by atoms with Gasteiger partial charge in [0.2, 0.25) is 0 Å². The number of nitrogens with zero attached hydrogens (tertiary/aromatic N) is 1. The van der Waals surface area contributed by atoms with Gasteiger partial charge in [-0.3, -0.25) is 10.1 Å². The van der Waals surface area contributed by atoms with Crippen molar-refractivity contribution < 1.29 is 13.7 Å². The average Bonchev–Trinajstić information content (AvgIpc) is 2.44. The van der Waals surface area contributed by atoms with E-state index in [-0.39, 0.29) is 0 Å². The molecule has 21 heavy (non-hydrogen) atoms. The molecular weight excluding hydrogens is 278 g/mol. The van der Waals surface area contributed by atoms with E-state index in [9.17, 15) is 18.9 Å². The van der Waals surface area contributed by atoms with E-state index in [1.807, 2.05) is 31.2 Å². The second-order valence-corrected chi connectivity index (χ2v) is 4.79. The van der Waals surface area contributed by atoms with Gasteiger partial charge in [0.15, 0.2) is 17.3 Å². The highest BCUT2D eigenvalue weighted by atomic mass is 19.2. The largest absolute Gasteiger partial charge is 0.370 e. The van der Waals surface area contributed by atoms with Gasteiger partial charge in [-0.2, -0.15) is 0 Å². The molecule has 0 aliphatic heterocycles. The molecule has 0 radical (unpaired) electrons. The second kappa shape index (κ2) is 5.87. The number of hydrogen-bond acceptors (Lipinski definition) is 3. The maximum absolute atomic E-state index is 13.8. The van der Waals surface area contributed by atoms with Crippen molar-refractivity contribution in [2.75, 3.05) is 5.32 Å². The number of benzene rings is 2. The first kappa shape index (κ1) is 14.9. The molecule has 1 atom stereocenters. The minimum absolute atomic E-state index is 0.402. The summed E-state index contributed by atoms with van der Waals surface area (Å²) in [6.45, 7) is 3.65. The molecule has 0 aromatic heterocycles. The summed E-state index contributed by atoms with van der Waals surface area (Å²) in [5.41, 5.74) is 0.952. The van der Waals surface area contributed by atoms with E-state index in [1.54, 1.807) is 6.92 Å². The van der Waals surface area contributed by atoms with E-state index in [0.29, 0.717) is 0 Å². The lowest BCUT2D eigenvalue weighted by molar-refractivity contribution is -0.384. The first-order chi connectivity index (χ1) is 9.90. The van der Waals surface area contributed by atoms with Crippen LogP contribution in [0.25, 0.3) is 0 Å². The lowest BCUT2D eigenvalue weighted by Crippen LogP contribution is -2.11. The highest BCUT2D eigenvalue weighted by Crippen LogP contribution is 2.32. The third kappa shape index (κ3) is 3.16. The minimum atomic E-state index is -1.25. The Bertz CT molecular complexity index is 672. The van der Waals surface area contributed by atoms with Crippen molar-refractivity contribution in [3.05, 3.63) is 69.3 Å². The fourth-order valence-corrected chi connectivity index (χ4v) is 1.98. The van der Waals surface area contributed by atoms with Gasteiger partial charge in [0.1, 0.15) is 0 Å². The minimum Gasteiger partial charge on any atom is -0.370 e. The first-order valence-electron chi connectivity index (χ1n) is 6.35. The van der Waals surface area contributed by atoms with Gasteiger partial charge in [0, 0.05) is 12.1 Å². The summed E-state index contributed by atoms with van der Waals surface area (Å²) >= 11 is 0. The molecule has 2 aromatic rings. The molecule has 1 N–H and O–H groups in total. The number of nitrogens with one attached hydrogen (secondary N) is 1. The van der Waals surface area contributed by atoms with Crippen molar-refractivity contribution in [1.29, 1.82) is 0 Å². The van der Waals surface area contributed by atoms with Crippen molar-refractivity contribution >= 4 is 11.4 Å². The molecule has 1 unspecified atom stereocenters. The number of aryl methyl sites for hydroxylation is 1. The predicted octanol–water partition coefficient (Wildman–Crippen LogP) is 4.35. The molecule has 0 aliphatic carbocycles. The van der Waals surface area contributed by atoms with Crippen LogP contribution in [0.2, 0.25) is 0 Å². The van der Waals surface area contributed by atoms with Crippen LogP contribution >= 0.6 is 0 Å². The van der Waals surface area contributed by atoms with Gasteiger partial charge < -0.3 is 5.32 Å². The monoisotopic (exact) mass is 292 g/mol. The van der Waals surface area contributed by atoms with E-state index in [1.165, 1.54) is 0 Å². The first-order valence-corrected chi connectivity index (χ1v) is 6.35. The highest BCUT2D eigenvalue weighted by Gasteiger charge is 2.23. The lowest BCUT2D eigenvalue weighted by Gasteiger charge is -2.16. The smallest absolute Gasteiger partial charge is 0.295 e. The Labute approximate surface area is 120 Å². The zero-order valence-electron chi connectivity index (χ0n) is 11.6. The normalized spacial score (nSPS) is 12.0. The molecule has 2 aromatic carbocycles. The Hall–Kier alpha value is -2.50. The van der Waals surface area contributed by atoms with E-state index >= 15 is 0 Å². The van der Waals surface area contributed by atoms with Crippen LogP contribution in [-0.2, 0) is 0 Å². The summed E-state index contributed by atoms with van der Waals surface area (Å²) in [4.78, 5) is 10.2. The van der Waals surface area contributed by atoms with Crippen LogP contribution in [0, 0.1) is 28.7 Å². The SMILES string of the molecule is Cc1ccc(C(C)Nc2c([N+](=O)[O-])ccc(F)c2F)cc1. The van der Waals surface area contributed by atoms with Crippen LogP contribution in [0.3, 0.4) is 0 Å². The van der Waals surface area contributed by atoms with Crippen LogP contribution in [0.5, 0.6) is 0 Å². The summed E-state index contributed by atoms with van der Waals surface area (Å²) in [5.74, 6) is -2.37. The topological polar surface area (TPSA) is 55.2 Å². The summed E-state index contributed by atoms with van der Waals surface area (Å²) < 4.78 is 27.1. The Morgan fingerprint density at radius 1 is 1.14 bits per heavy atom. The fourth-order valence-electron chi connectivity index (χ4n) is 1.98. The molecule has 0 amide bonds. The summed E-state index contributed by atoms with van der Waals surface area (Å²) in [7, 11) is 0. The number of nitro groups is 1. The molecule has 0 aliphatic rings. The van der Waals surface area contributed by atoms with Gasteiger partial charge in [-0.1, -0.05) is 29.8 Å². The van der Waals surface area contributed by atoms with E-state index in [4.69, 9.17) is 0 Å². The van der Waals surface area contributed by atoms with E-state index < -0.39 is 34.0 Å². The van der Waals surface area contributed by atoms with Crippen LogP contribution in [-0.4, -0.2) is 4.92 Å². The number of halogens is 2. The zero-order valence-corrected chi connectivity index (χ0v) is 11.6. The van der Waals surface area contributed by atoms with E-state index in [2.05, 4.69) is 5.32 Å². The van der Waals surface area contributed by atoms with Gasteiger partial charge in [-0.25, -0.2) is 8.78 Å². The highest BCUT2D eigenvalue weighted by molar-refractivity contribution is 5.63. The molecule has 6 heteroatoms. The summed E-state index contributed by atoms with van der Waals surface area (Å²) in [6, 6.07) is 8.71. The Balaban J connectivity index is 2.36. The molecule has 4 nitrogen and oxygen atoms in total. The average molecular weight is 292 g/mol. The summed E-state index contributed by atoms with van der Waals surface area (Å²) in [6.07, 6.45) is 0. The quantitative estimate of drug-likeness (QED) is 0.673.